The number of rotatable bonds is 14. The smallest absolute Gasteiger partial charge is 0.251 e. The monoisotopic (exact) mass is 692 g/mol. The number of aliphatic hydroxyl groups is 1. The maximum absolute atomic E-state index is 14.0. The molecule has 49 heavy (non-hydrogen) atoms. The number of aromatic nitrogens is 1. The molecule has 4 rings (SSSR count). The zero-order valence-electron chi connectivity index (χ0n) is 28.8. The van der Waals surface area contributed by atoms with Crippen LogP contribution in [0.5, 0.6) is 0 Å². The second kappa shape index (κ2) is 16.5. The fraction of sp³-hybridized carbons (Fsp3) is 0.472. The number of primary amides is 1. The van der Waals surface area contributed by atoms with Crippen LogP contribution in [0.15, 0.2) is 54.0 Å². The Labute approximate surface area is 291 Å². The molecule has 0 unspecified atom stereocenters. The molecule has 4 amide bonds. The first-order chi connectivity index (χ1) is 23.1. The van der Waals surface area contributed by atoms with E-state index in [2.05, 4.69) is 15.6 Å². The quantitative estimate of drug-likeness (QED) is 0.170. The lowest BCUT2D eigenvalue weighted by atomic mass is 9.85. The van der Waals surface area contributed by atoms with E-state index in [0.717, 1.165) is 27.3 Å². The Hall–Kier alpha value is -4.17. The molecule has 5 atom stereocenters. The molecule has 0 radical (unpaired) electrons. The van der Waals surface area contributed by atoms with Gasteiger partial charge in [-0.25, -0.2) is 4.98 Å². The number of thiazole rings is 1. The molecule has 1 fully saturated rings. The van der Waals surface area contributed by atoms with Crippen LogP contribution in [0.3, 0.4) is 0 Å². The Bertz CT molecular complexity index is 1600. The number of ether oxygens (including phenoxy) is 1. The molecule has 0 bridgehead atoms. The number of likely N-dealkylation sites (tertiary alicyclic amines) is 1. The van der Waals surface area contributed by atoms with Crippen LogP contribution in [0, 0.1) is 12.3 Å². The Morgan fingerprint density at radius 3 is 2.33 bits per heavy atom. The van der Waals surface area contributed by atoms with Gasteiger partial charge in [-0.3, -0.25) is 19.2 Å². The van der Waals surface area contributed by atoms with Gasteiger partial charge in [0.15, 0.2) is 0 Å². The molecule has 0 spiro atoms. The van der Waals surface area contributed by atoms with Crippen molar-refractivity contribution in [2.45, 2.75) is 97.4 Å². The zero-order chi connectivity index (χ0) is 35.9. The highest BCUT2D eigenvalue weighted by atomic mass is 32.1. The first-order valence-corrected chi connectivity index (χ1v) is 17.3. The van der Waals surface area contributed by atoms with Gasteiger partial charge in [-0.1, -0.05) is 57.2 Å². The van der Waals surface area contributed by atoms with E-state index >= 15 is 0 Å². The number of carbonyl (C=O) groups excluding carboxylic acids is 4. The van der Waals surface area contributed by atoms with Crippen LogP contribution >= 0.6 is 11.3 Å². The lowest BCUT2D eigenvalue weighted by molar-refractivity contribution is -0.142. The van der Waals surface area contributed by atoms with Crippen molar-refractivity contribution in [1.82, 2.24) is 20.5 Å². The van der Waals surface area contributed by atoms with Gasteiger partial charge >= 0.3 is 0 Å². The van der Waals surface area contributed by atoms with E-state index in [1.165, 1.54) is 4.90 Å². The van der Waals surface area contributed by atoms with E-state index in [9.17, 15) is 24.3 Å². The third-order valence-electron chi connectivity index (χ3n) is 8.74. The van der Waals surface area contributed by atoms with Gasteiger partial charge in [0.2, 0.25) is 17.7 Å². The average Bonchev–Trinajstić information content (AvgIpc) is 3.68. The van der Waals surface area contributed by atoms with Gasteiger partial charge < -0.3 is 36.8 Å². The van der Waals surface area contributed by atoms with Gasteiger partial charge in [-0.15, -0.1) is 11.3 Å². The van der Waals surface area contributed by atoms with Crippen molar-refractivity contribution in [2.24, 2.45) is 16.9 Å². The third kappa shape index (κ3) is 10.2. The Balaban J connectivity index is 1.36. The van der Waals surface area contributed by atoms with Crippen LogP contribution in [0.25, 0.3) is 10.4 Å². The summed E-state index contributed by atoms with van der Waals surface area (Å²) in [6, 6.07) is 12.5. The molecule has 1 aromatic heterocycles. The largest absolute Gasteiger partial charge is 0.391 e. The number of nitrogens with zero attached hydrogens (tertiary/aromatic N) is 2. The van der Waals surface area contributed by atoms with E-state index in [1.54, 1.807) is 35.6 Å². The molecule has 3 aromatic rings. The van der Waals surface area contributed by atoms with E-state index in [0.29, 0.717) is 12.0 Å². The average molecular weight is 693 g/mol. The standard InChI is InChI=1S/C36H48N6O6S/c1-21-31(49-20-40-21)25-10-6-23(7-11-25)17-39-34(46)29-16-27(43)18-42(29)35(47)32(36(3,4)5)41-33(45)26-12-8-24(9-13-26)19-48-22(2)28(37)14-15-30(38)44/h6-13,20,22,27-29,32,43H,14-19,37H2,1-5H3,(H2,38,44)(H,39,46)(H,41,45)/t22-,27-,28+,29+,32-/m1/s1. The summed E-state index contributed by atoms with van der Waals surface area (Å²) in [5.41, 5.74) is 16.5. The van der Waals surface area contributed by atoms with Crippen LogP contribution in [0.2, 0.25) is 0 Å². The summed E-state index contributed by atoms with van der Waals surface area (Å²) in [5, 5.41) is 16.3. The van der Waals surface area contributed by atoms with E-state index in [1.807, 2.05) is 64.4 Å². The van der Waals surface area contributed by atoms with Crippen molar-refractivity contribution < 1.29 is 29.0 Å². The highest BCUT2D eigenvalue weighted by molar-refractivity contribution is 7.13. The number of amides is 4. The lowest BCUT2D eigenvalue weighted by Crippen LogP contribution is -2.57. The molecule has 12 nitrogen and oxygen atoms in total. The number of aliphatic hydroxyl groups excluding tert-OH is 1. The Morgan fingerprint density at radius 1 is 1.08 bits per heavy atom. The van der Waals surface area contributed by atoms with Crippen LogP contribution in [0.4, 0.5) is 0 Å². The van der Waals surface area contributed by atoms with E-state index in [-0.39, 0.29) is 50.6 Å². The third-order valence-corrected chi connectivity index (χ3v) is 9.72. The van der Waals surface area contributed by atoms with Crippen molar-refractivity contribution in [3.8, 4) is 10.4 Å². The van der Waals surface area contributed by atoms with Crippen molar-refractivity contribution in [1.29, 1.82) is 0 Å². The minimum absolute atomic E-state index is 0.0123. The highest BCUT2D eigenvalue weighted by Gasteiger charge is 2.44. The summed E-state index contributed by atoms with van der Waals surface area (Å²) in [4.78, 5) is 58.5. The van der Waals surface area contributed by atoms with Crippen molar-refractivity contribution in [3.63, 3.8) is 0 Å². The number of hydrogen-bond donors (Lipinski definition) is 5. The first kappa shape index (κ1) is 37.6. The Morgan fingerprint density at radius 2 is 1.73 bits per heavy atom. The Kier molecular flexibility index (Phi) is 12.7. The van der Waals surface area contributed by atoms with Crippen molar-refractivity contribution >= 4 is 35.0 Å². The molecule has 1 aliphatic heterocycles. The molecule has 2 aromatic carbocycles. The van der Waals surface area contributed by atoms with Crippen LogP contribution in [0.1, 0.15) is 74.1 Å². The molecule has 13 heteroatoms. The molecule has 1 aliphatic rings. The molecule has 0 saturated carbocycles. The summed E-state index contributed by atoms with van der Waals surface area (Å²) in [6.45, 7) is 9.81. The maximum Gasteiger partial charge on any atom is 0.251 e. The number of nitrogens with one attached hydrogen (secondary N) is 2. The second-order valence-electron chi connectivity index (χ2n) is 13.7. The minimum Gasteiger partial charge on any atom is -0.391 e. The number of hydrogen-bond acceptors (Lipinski definition) is 9. The number of benzene rings is 2. The fourth-order valence-corrected chi connectivity index (χ4v) is 6.45. The van der Waals surface area contributed by atoms with Gasteiger partial charge in [0.05, 0.1) is 34.9 Å². The van der Waals surface area contributed by atoms with E-state index < -0.39 is 41.3 Å². The van der Waals surface area contributed by atoms with Gasteiger partial charge in [-0.2, -0.15) is 0 Å². The number of aryl methyl sites for hydroxylation is 1. The molecule has 0 aliphatic carbocycles. The summed E-state index contributed by atoms with van der Waals surface area (Å²) in [7, 11) is 0. The summed E-state index contributed by atoms with van der Waals surface area (Å²) >= 11 is 1.57. The minimum atomic E-state index is -0.964. The van der Waals surface area contributed by atoms with Crippen LogP contribution in [-0.2, 0) is 32.3 Å². The molecular formula is C36H48N6O6S. The van der Waals surface area contributed by atoms with Gasteiger partial charge in [0.1, 0.15) is 12.1 Å². The van der Waals surface area contributed by atoms with Gasteiger partial charge in [-0.05, 0) is 54.5 Å². The zero-order valence-corrected chi connectivity index (χ0v) is 29.6. The summed E-state index contributed by atoms with van der Waals surface area (Å²) < 4.78 is 5.84. The summed E-state index contributed by atoms with van der Waals surface area (Å²) in [5.74, 6) is -1.66. The predicted molar refractivity (Wildman–Crippen MR) is 188 cm³/mol. The van der Waals surface area contributed by atoms with Crippen molar-refractivity contribution in [2.75, 3.05) is 6.54 Å². The van der Waals surface area contributed by atoms with Crippen molar-refractivity contribution in [3.05, 3.63) is 76.4 Å². The first-order valence-electron chi connectivity index (χ1n) is 16.4. The number of nitrogens with two attached hydrogens (primary N) is 2. The lowest BCUT2D eigenvalue weighted by Gasteiger charge is -2.35. The SMILES string of the molecule is Cc1ncsc1-c1ccc(CNC(=O)[C@@H]2C[C@@H](O)CN2C(=O)[C@@H](NC(=O)c2ccc(CO[C@H](C)[C@@H](N)CCC(N)=O)cc2)C(C)(C)C)cc1. The maximum atomic E-state index is 14.0. The predicted octanol–water partition coefficient (Wildman–Crippen LogP) is 3.04. The number of carbonyl (C=O) groups is 4. The topological polar surface area (TPSA) is 190 Å². The van der Waals surface area contributed by atoms with Gasteiger partial charge in [0.25, 0.3) is 5.91 Å². The molecule has 2 heterocycles. The molecular weight excluding hydrogens is 644 g/mol. The second-order valence-corrected chi connectivity index (χ2v) is 14.6. The fourth-order valence-electron chi connectivity index (χ4n) is 5.64. The highest BCUT2D eigenvalue weighted by Crippen LogP contribution is 2.28. The van der Waals surface area contributed by atoms with Gasteiger partial charge in [0, 0.05) is 37.5 Å². The number of β-amino-alcohol motifs (C(OH)–C–C–N with tert-alkyl or cyclic N) is 1. The summed E-state index contributed by atoms with van der Waals surface area (Å²) in [6.07, 6.45) is -0.458. The van der Waals surface area contributed by atoms with Crippen LogP contribution < -0.4 is 22.1 Å². The van der Waals surface area contributed by atoms with E-state index in [4.69, 9.17) is 16.2 Å². The molecule has 7 N–H and O–H groups in total. The molecule has 264 valence electrons. The van der Waals surface area contributed by atoms with Crippen LogP contribution in [-0.4, -0.2) is 75.5 Å². The normalized spacial score (nSPS) is 18.1. The molecule has 1 saturated heterocycles.